The average molecular weight is 220 g/mol. The number of ether oxygens (including phenoxy) is 1. The third kappa shape index (κ3) is 2.00. The lowest BCUT2D eigenvalue weighted by molar-refractivity contribution is 0.408. The Hall–Kier alpha value is -1.39. The first-order chi connectivity index (χ1) is 7.33. The SMILES string of the molecule is COc1ccccc1C(N)c1nccs1. The maximum Gasteiger partial charge on any atom is 0.124 e. The third-order valence-corrected chi connectivity index (χ3v) is 3.05. The number of nitrogens with two attached hydrogens (primary N) is 1. The van der Waals surface area contributed by atoms with E-state index in [2.05, 4.69) is 4.98 Å². The Morgan fingerprint density at radius 2 is 2.20 bits per heavy atom. The summed E-state index contributed by atoms with van der Waals surface area (Å²) in [6.45, 7) is 0. The fraction of sp³-hybridized carbons (Fsp3) is 0.182. The maximum absolute atomic E-state index is 6.11. The molecule has 0 bridgehead atoms. The maximum atomic E-state index is 6.11. The lowest BCUT2D eigenvalue weighted by Gasteiger charge is -2.12. The summed E-state index contributed by atoms with van der Waals surface area (Å²) in [4.78, 5) is 4.21. The molecule has 0 spiro atoms. The molecule has 0 aliphatic carbocycles. The van der Waals surface area contributed by atoms with E-state index in [1.165, 1.54) is 0 Å². The van der Waals surface area contributed by atoms with Gasteiger partial charge in [0.2, 0.25) is 0 Å². The summed E-state index contributed by atoms with van der Waals surface area (Å²) in [5.41, 5.74) is 7.07. The molecule has 0 saturated carbocycles. The van der Waals surface area contributed by atoms with E-state index in [0.717, 1.165) is 16.3 Å². The predicted octanol–water partition coefficient (Wildman–Crippen LogP) is 2.20. The molecule has 0 aliphatic heterocycles. The minimum absolute atomic E-state index is 0.207. The van der Waals surface area contributed by atoms with Crippen molar-refractivity contribution in [2.75, 3.05) is 7.11 Å². The summed E-state index contributed by atoms with van der Waals surface area (Å²) < 4.78 is 5.26. The number of para-hydroxylation sites is 1. The second-order valence-electron chi connectivity index (χ2n) is 3.09. The summed E-state index contributed by atoms with van der Waals surface area (Å²) >= 11 is 1.55. The highest BCUT2D eigenvalue weighted by molar-refractivity contribution is 7.09. The van der Waals surface area contributed by atoms with Crippen molar-refractivity contribution in [3.63, 3.8) is 0 Å². The van der Waals surface area contributed by atoms with E-state index in [9.17, 15) is 0 Å². The third-order valence-electron chi connectivity index (χ3n) is 2.19. The fourth-order valence-corrected chi connectivity index (χ4v) is 2.10. The van der Waals surface area contributed by atoms with Crippen molar-refractivity contribution in [1.82, 2.24) is 4.98 Å². The fourth-order valence-electron chi connectivity index (χ4n) is 1.44. The van der Waals surface area contributed by atoms with Crippen LogP contribution in [0.2, 0.25) is 0 Å². The van der Waals surface area contributed by atoms with E-state index in [4.69, 9.17) is 10.5 Å². The Morgan fingerprint density at radius 1 is 1.40 bits per heavy atom. The van der Waals surface area contributed by atoms with Gasteiger partial charge in [0, 0.05) is 17.1 Å². The molecule has 0 radical (unpaired) electrons. The zero-order chi connectivity index (χ0) is 10.7. The van der Waals surface area contributed by atoms with Gasteiger partial charge in [-0.3, -0.25) is 0 Å². The van der Waals surface area contributed by atoms with Crippen LogP contribution in [0.4, 0.5) is 0 Å². The van der Waals surface area contributed by atoms with Gasteiger partial charge in [0.1, 0.15) is 10.8 Å². The van der Waals surface area contributed by atoms with Gasteiger partial charge in [-0.1, -0.05) is 18.2 Å². The lowest BCUT2D eigenvalue weighted by atomic mass is 10.1. The largest absolute Gasteiger partial charge is 0.496 e. The summed E-state index contributed by atoms with van der Waals surface area (Å²) in [5, 5.41) is 2.82. The van der Waals surface area contributed by atoms with Gasteiger partial charge >= 0.3 is 0 Å². The predicted molar refractivity (Wildman–Crippen MR) is 61.1 cm³/mol. The molecule has 1 unspecified atom stereocenters. The van der Waals surface area contributed by atoms with Gasteiger partial charge in [0.25, 0.3) is 0 Å². The number of hydrogen-bond donors (Lipinski definition) is 1. The number of thiazole rings is 1. The summed E-state index contributed by atoms with van der Waals surface area (Å²) in [7, 11) is 1.65. The number of rotatable bonds is 3. The van der Waals surface area contributed by atoms with Crippen molar-refractivity contribution >= 4 is 11.3 Å². The van der Waals surface area contributed by atoms with Crippen molar-refractivity contribution in [3.8, 4) is 5.75 Å². The molecular formula is C11H12N2OS. The monoisotopic (exact) mass is 220 g/mol. The van der Waals surface area contributed by atoms with E-state index in [1.54, 1.807) is 24.6 Å². The van der Waals surface area contributed by atoms with Crippen molar-refractivity contribution in [3.05, 3.63) is 46.4 Å². The minimum Gasteiger partial charge on any atom is -0.496 e. The van der Waals surface area contributed by atoms with Crippen LogP contribution in [-0.2, 0) is 0 Å². The Labute approximate surface area is 92.5 Å². The first-order valence-corrected chi connectivity index (χ1v) is 5.49. The van der Waals surface area contributed by atoms with Crippen LogP contribution in [0.15, 0.2) is 35.8 Å². The van der Waals surface area contributed by atoms with Crippen LogP contribution in [0.1, 0.15) is 16.6 Å². The van der Waals surface area contributed by atoms with E-state index < -0.39 is 0 Å². The second-order valence-corrected chi connectivity index (χ2v) is 4.02. The number of nitrogens with zero attached hydrogens (tertiary/aromatic N) is 1. The molecule has 2 rings (SSSR count). The molecule has 1 aromatic carbocycles. The van der Waals surface area contributed by atoms with Crippen molar-refractivity contribution in [1.29, 1.82) is 0 Å². The Bertz CT molecular complexity index is 428. The Morgan fingerprint density at radius 3 is 2.87 bits per heavy atom. The molecule has 0 fully saturated rings. The molecule has 0 aliphatic rings. The van der Waals surface area contributed by atoms with Gasteiger partial charge in [-0.25, -0.2) is 4.98 Å². The van der Waals surface area contributed by atoms with E-state index in [-0.39, 0.29) is 6.04 Å². The number of hydrogen-bond acceptors (Lipinski definition) is 4. The number of benzene rings is 1. The highest BCUT2D eigenvalue weighted by atomic mass is 32.1. The Kier molecular flexibility index (Phi) is 2.99. The van der Waals surface area contributed by atoms with Crippen LogP contribution >= 0.6 is 11.3 Å². The van der Waals surface area contributed by atoms with Crippen molar-refractivity contribution in [2.45, 2.75) is 6.04 Å². The molecule has 2 aromatic rings. The quantitative estimate of drug-likeness (QED) is 0.862. The number of aromatic nitrogens is 1. The average Bonchev–Trinajstić information content (AvgIpc) is 2.81. The molecule has 1 heterocycles. The van der Waals surface area contributed by atoms with Crippen molar-refractivity contribution in [2.24, 2.45) is 5.73 Å². The van der Waals surface area contributed by atoms with E-state index >= 15 is 0 Å². The molecule has 1 aromatic heterocycles. The highest BCUT2D eigenvalue weighted by Gasteiger charge is 2.15. The van der Waals surface area contributed by atoms with E-state index in [0.29, 0.717) is 0 Å². The van der Waals surface area contributed by atoms with Crippen LogP contribution < -0.4 is 10.5 Å². The van der Waals surface area contributed by atoms with Crippen molar-refractivity contribution < 1.29 is 4.74 Å². The van der Waals surface area contributed by atoms with Crippen LogP contribution in [0.25, 0.3) is 0 Å². The summed E-state index contributed by atoms with van der Waals surface area (Å²) in [5.74, 6) is 0.806. The first-order valence-electron chi connectivity index (χ1n) is 4.61. The molecule has 1 atom stereocenters. The first kappa shape index (κ1) is 10.1. The summed E-state index contributed by atoms with van der Waals surface area (Å²) in [6, 6.07) is 7.54. The van der Waals surface area contributed by atoms with E-state index in [1.807, 2.05) is 29.6 Å². The van der Waals surface area contributed by atoms with Crippen LogP contribution in [0.3, 0.4) is 0 Å². The highest BCUT2D eigenvalue weighted by Crippen LogP contribution is 2.28. The molecule has 4 heteroatoms. The summed E-state index contributed by atoms with van der Waals surface area (Å²) in [6.07, 6.45) is 1.76. The molecule has 0 saturated heterocycles. The minimum atomic E-state index is -0.207. The Balaban J connectivity index is 2.37. The molecule has 78 valence electrons. The smallest absolute Gasteiger partial charge is 0.124 e. The van der Waals surface area contributed by atoms with Crippen LogP contribution in [0, 0.1) is 0 Å². The van der Waals surface area contributed by atoms with Crippen LogP contribution in [-0.4, -0.2) is 12.1 Å². The zero-order valence-corrected chi connectivity index (χ0v) is 9.20. The van der Waals surface area contributed by atoms with Gasteiger partial charge in [-0.15, -0.1) is 11.3 Å². The van der Waals surface area contributed by atoms with Gasteiger partial charge in [0.05, 0.1) is 13.2 Å². The van der Waals surface area contributed by atoms with Gasteiger partial charge in [0.15, 0.2) is 0 Å². The van der Waals surface area contributed by atoms with Gasteiger partial charge in [-0.2, -0.15) is 0 Å². The lowest BCUT2D eigenvalue weighted by Crippen LogP contribution is -2.12. The zero-order valence-electron chi connectivity index (χ0n) is 8.38. The van der Waals surface area contributed by atoms with Gasteiger partial charge in [-0.05, 0) is 6.07 Å². The molecule has 0 amide bonds. The number of methoxy groups -OCH3 is 1. The standard InChI is InChI=1S/C11H12N2OS/c1-14-9-5-3-2-4-8(9)10(12)11-13-6-7-15-11/h2-7,10H,12H2,1H3. The second kappa shape index (κ2) is 4.42. The normalized spacial score (nSPS) is 12.4. The van der Waals surface area contributed by atoms with Crippen LogP contribution in [0.5, 0.6) is 5.75 Å². The molecule has 2 N–H and O–H groups in total. The topological polar surface area (TPSA) is 48.1 Å². The van der Waals surface area contributed by atoms with Gasteiger partial charge < -0.3 is 10.5 Å². The molecule has 15 heavy (non-hydrogen) atoms. The molecule has 3 nitrogen and oxygen atoms in total. The molecular weight excluding hydrogens is 208 g/mol.